The molecule has 0 N–H and O–H groups in total. The van der Waals surface area contributed by atoms with E-state index in [9.17, 15) is 0 Å². The Labute approximate surface area is 128 Å². The monoisotopic (exact) mass is 326 g/mol. The van der Waals surface area contributed by atoms with Gasteiger partial charge in [0.25, 0.3) is 0 Å². The molecule has 0 spiro atoms. The van der Waals surface area contributed by atoms with E-state index in [4.69, 9.17) is 16.2 Å². The number of hydrogen-bond acceptors (Lipinski definition) is 1. The van der Waals surface area contributed by atoms with Gasteiger partial charge < -0.3 is 0 Å². The Balaban J connectivity index is 0.00000144. The minimum absolute atomic E-state index is 0. The largest absolute Gasteiger partial charge is 0.264 e. The van der Waals surface area contributed by atoms with E-state index in [0.29, 0.717) is 0 Å². The van der Waals surface area contributed by atoms with Gasteiger partial charge in [0.15, 0.2) is 0 Å². The smallest absolute Gasteiger partial charge is 0.131 e. The molecule has 0 heterocycles. The molecule has 0 aliphatic heterocycles. The van der Waals surface area contributed by atoms with Crippen molar-refractivity contribution in [2.45, 2.75) is 39.2 Å². The summed E-state index contributed by atoms with van der Waals surface area (Å²) < 4.78 is 5.32. The standard InChI is InChI=1S/C14H17ClO.Zr/c1-10-6-4-8-12(10)14(3,16-15)13-9-5-7-11(13)2;/h4-7H,8-9H2,1-3H3;. The fraction of sp³-hybridized carbons (Fsp3) is 0.429. The summed E-state index contributed by atoms with van der Waals surface area (Å²) in [6.45, 7) is 6.30. The number of hydrogen-bond donors (Lipinski definition) is 0. The van der Waals surface area contributed by atoms with Crippen LogP contribution in [-0.2, 0) is 30.5 Å². The van der Waals surface area contributed by atoms with Gasteiger partial charge in [-0.3, -0.25) is 4.29 Å². The topological polar surface area (TPSA) is 9.23 Å². The summed E-state index contributed by atoms with van der Waals surface area (Å²) >= 11 is 5.78. The third kappa shape index (κ3) is 2.60. The van der Waals surface area contributed by atoms with Gasteiger partial charge in [0.1, 0.15) is 5.60 Å². The Bertz CT molecular complexity index is 394. The van der Waals surface area contributed by atoms with Crippen molar-refractivity contribution in [3.63, 3.8) is 0 Å². The summed E-state index contributed by atoms with van der Waals surface area (Å²) in [5.74, 6) is 0. The molecule has 2 aliphatic rings. The van der Waals surface area contributed by atoms with Gasteiger partial charge in [0, 0.05) is 26.2 Å². The van der Waals surface area contributed by atoms with E-state index < -0.39 is 5.60 Å². The van der Waals surface area contributed by atoms with Gasteiger partial charge in [-0.05, 0) is 55.9 Å². The number of halogens is 1. The first-order valence-electron chi connectivity index (χ1n) is 5.63. The second kappa shape index (κ2) is 5.82. The van der Waals surface area contributed by atoms with E-state index in [0.717, 1.165) is 12.8 Å². The molecule has 17 heavy (non-hydrogen) atoms. The SMILES string of the molecule is CC1=C(C(C)(OCl)C2=C(C)C=CC2)CC=C1.[Zr]. The fourth-order valence-electron chi connectivity index (χ4n) is 2.65. The molecule has 0 atom stereocenters. The average molecular weight is 328 g/mol. The Morgan fingerprint density at radius 2 is 1.47 bits per heavy atom. The van der Waals surface area contributed by atoms with Gasteiger partial charge in [-0.25, -0.2) is 0 Å². The molecule has 0 aromatic carbocycles. The van der Waals surface area contributed by atoms with Gasteiger partial charge in [-0.15, -0.1) is 0 Å². The zero-order valence-corrected chi connectivity index (χ0v) is 13.7. The van der Waals surface area contributed by atoms with Crippen LogP contribution in [0.1, 0.15) is 33.6 Å². The summed E-state index contributed by atoms with van der Waals surface area (Å²) in [6, 6.07) is 0. The molecule has 0 aromatic heterocycles. The second-order valence-electron chi connectivity index (χ2n) is 4.65. The van der Waals surface area contributed by atoms with Crippen LogP contribution in [0.15, 0.2) is 46.6 Å². The molecule has 2 aliphatic carbocycles. The number of rotatable bonds is 3. The summed E-state index contributed by atoms with van der Waals surface area (Å²) in [5.41, 5.74) is 4.65. The summed E-state index contributed by atoms with van der Waals surface area (Å²) in [4.78, 5) is 0. The normalized spacial score (nSPS) is 19.3. The zero-order chi connectivity index (χ0) is 11.8. The van der Waals surface area contributed by atoms with Gasteiger partial charge >= 0.3 is 0 Å². The minimum Gasteiger partial charge on any atom is -0.264 e. The summed E-state index contributed by atoms with van der Waals surface area (Å²) in [7, 11) is 0. The maximum Gasteiger partial charge on any atom is 0.131 e. The Hall–Kier alpha value is 0.0931. The fourth-order valence-corrected chi connectivity index (χ4v) is 2.83. The van der Waals surface area contributed by atoms with Crippen molar-refractivity contribution in [1.29, 1.82) is 0 Å². The van der Waals surface area contributed by atoms with Crippen LogP contribution in [0.4, 0.5) is 0 Å². The van der Waals surface area contributed by atoms with E-state index in [-0.39, 0.29) is 26.2 Å². The van der Waals surface area contributed by atoms with Crippen molar-refractivity contribution >= 4 is 11.9 Å². The van der Waals surface area contributed by atoms with E-state index in [1.54, 1.807) is 0 Å². The van der Waals surface area contributed by atoms with E-state index in [1.165, 1.54) is 22.3 Å². The van der Waals surface area contributed by atoms with Crippen molar-refractivity contribution in [3.8, 4) is 0 Å². The second-order valence-corrected chi connectivity index (χ2v) is 4.80. The van der Waals surface area contributed by atoms with Gasteiger partial charge in [-0.1, -0.05) is 24.3 Å². The molecular formula is C14H17ClOZr. The molecule has 0 saturated carbocycles. The zero-order valence-electron chi connectivity index (χ0n) is 10.5. The predicted octanol–water partition coefficient (Wildman–Crippen LogP) is 4.47. The van der Waals surface area contributed by atoms with Crippen LogP contribution in [0.3, 0.4) is 0 Å². The van der Waals surface area contributed by atoms with Crippen molar-refractivity contribution in [1.82, 2.24) is 0 Å². The molecule has 0 radical (unpaired) electrons. The molecule has 0 amide bonds. The Kier molecular flexibility index (Phi) is 5.19. The van der Waals surface area contributed by atoms with Crippen LogP contribution in [-0.4, -0.2) is 5.60 Å². The van der Waals surface area contributed by atoms with Crippen LogP contribution in [0.5, 0.6) is 0 Å². The summed E-state index contributed by atoms with van der Waals surface area (Å²) in [6.07, 6.45) is 10.5. The van der Waals surface area contributed by atoms with E-state index in [1.807, 2.05) is 0 Å². The quantitative estimate of drug-likeness (QED) is 0.743. The van der Waals surface area contributed by atoms with Gasteiger partial charge in [0.05, 0.1) is 11.9 Å². The molecular weight excluding hydrogens is 311 g/mol. The first-order chi connectivity index (χ1) is 7.59. The van der Waals surface area contributed by atoms with E-state index in [2.05, 4.69) is 45.1 Å². The molecule has 90 valence electrons. The van der Waals surface area contributed by atoms with Crippen LogP contribution in [0, 0.1) is 0 Å². The van der Waals surface area contributed by atoms with Crippen LogP contribution in [0.25, 0.3) is 0 Å². The third-order valence-corrected chi connectivity index (χ3v) is 3.95. The maximum absolute atomic E-state index is 5.78. The molecule has 0 unspecified atom stereocenters. The molecule has 0 saturated heterocycles. The van der Waals surface area contributed by atoms with Crippen molar-refractivity contribution in [3.05, 3.63) is 46.6 Å². The maximum atomic E-state index is 5.78. The van der Waals surface area contributed by atoms with Crippen LogP contribution < -0.4 is 0 Å². The summed E-state index contributed by atoms with van der Waals surface area (Å²) in [5, 5.41) is 0. The Morgan fingerprint density at radius 1 is 1.06 bits per heavy atom. The van der Waals surface area contributed by atoms with Gasteiger partial charge in [0.2, 0.25) is 0 Å². The molecule has 3 heteroatoms. The van der Waals surface area contributed by atoms with Crippen molar-refractivity contribution in [2.75, 3.05) is 0 Å². The van der Waals surface area contributed by atoms with Crippen LogP contribution >= 0.6 is 11.9 Å². The van der Waals surface area contributed by atoms with Gasteiger partial charge in [-0.2, -0.15) is 0 Å². The molecule has 2 rings (SSSR count). The first kappa shape index (κ1) is 15.2. The first-order valence-corrected chi connectivity index (χ1v) is 5.93. The van der Waals surface area contributed by atoms with E-state index >= 15 is 0 Å². The minimum atomic E-state index is -0.456. The molecule has 1 nitrogen and oxygen atoms in total. The van der Waals surface area contributed by atoms with Crippen molar-refractivity contribution in [2.24, 2.45) is 0 Å². The average Bonchev–Trinajstić information content (AvgIpc) is 2.86. The third-order valence-electron chi connectivity index (χ3n) is 3.64. The Morgan fingerprint density at radius 3 is 1.71 bits per heavy atom. The molecule has 0 bridgehead atoms. The van der Waals surface area contributed by atoms with Crippen LogP contribution in [0.2, 0.25) is 0 Å². The predicted molar refractivity (Wildman–Crippen MR) is 68.3 cm³/mol. The number of allylic oxidation sites excluding steroid dienone is 6. The molecule has 0 aromatic rings. The van der Waals surface area contributed by atoms with Crippen molar-refractivity contribution < 1.29 is 30.5 Å². The molecule has 0 fully saturated rings.